The number of halogens is 3. The Kier molecular flexibility index (Phi) is 5.27. The summed E-state index contributed by atoms with van der Waals surface area (Å²) in [6.07, 6.45) is -3.69. The minimum Gasteiger partial charge on any atom is -0.295 e. The van der Waals surface area contributed by atoms with Crippen LogP contribution in [0.4, 0.5) is 13.2 Å². The van der Waals surface area contributed by atoms with Gasteiger partial charge < -0.3 is 0 Å². The van der Waals surface area contributed by atoms with Gasteiger partial charge in [-0.05, 0) is 24.6 Å². The Morgan fingerprint density at radius 3 is 2.24 bits per heavy atom. The van der Waals surface area contributed by atoms with E-state index in [0.717, 1.165) is 18.3 Å². The molecule has 132 valence electrons. The van der Waals surface area contributed by atoms with Gasteiger partial charge in [0, 0.05) is 5.56 Å². The number of nitrogens with zero attached hydrogens (tertiary/aromatic N) is 1. The van der Waals surface area contributed by atoms with Crippen molar-refractivity contribution in [2.75, 3.05) is 0 Å². The van der Waals surface area contributed by atoms with Crippen molar-refractivity contribution in [1.29, 1.82) is 0 Å². The van der Waals surface area contributed by atoms with E-state index in [2.05, 4.69) is 5.10 Å². The highest BCUT2D eigenvalue weighted by atomic mass is 32.2. The number of carbonyl (C=O) groups excluding carboxylic acids is 1. The first kappa shape index (κ1) is 18.7. The molecule has 0 saturated carbocycles. The SMILES string of the molecule is CC(=O)c1ccc(/C=N/NS(=O)(=O)c2ccccc2C(F)(F)F)cc1. The van der Waals surface area contributed by atoms with Crippen molar-refractivity contribution in [2.45, 2.75) is 18.0 Å². The first-order valence-corrected chi connectivity index (χ1v) is 8.42. The first-order chi connectivity index (χ1) is 11.6. The Labute approximate surface area is 142 Å². The molecule has 2 rings (SSSR count). The Morgan fingerprint density at radius 2 is 1.68 bits per heavy atom. The van der Waals surface area contributed by atoms with Gasteiger partial charge in [0.1, 0.15) is 4.90 Å². The molecule has 5 nitrogen and oxygen atoms in total. The largest absolute Gasteiger partial charge is 0.417 e. The molecule has 0 heterocycles. The average molecular weight is 370 g/mol. The number of Topliss-reactive ketones (excluding diaryl/α,β-unsaturated/α-hetero) is 1. The Bertz CT molecular complexity index is 905. The van der Waals surface area contributed by atoms with Crippen LogP contribution < -0.4 is 4.83 Å². The van der Waals surface area contributed by atoms with Gasteiger partial charge in [-0.15, -0.1) is 0 Å². The lowest BCUT2D eigenvalue weighted by atomic mass is 10.1. The van der Waals surface area contributed by atoms with Crippen LogP contribution in [0.2, 0.25) is 0 Å². The van der Waals surface area contributed by atoms with Gasteiger partial charge in [0.25, 0.3) is 10.0 Å². The quantitative estimate of drug-likeness (QED) is 0.499. The first-order valence-electron chi connectivity index (χ1n) is 6.93. The van der Waals surface area contributed by atoms with E-state index in [1.54, 1.807) is 4.83 Å². The van der Waals surface area contributed by atoms with Crippen LogP contribution in [0, 0.1) is 0 Å². The molecule has 0 spiro atoms. The fourth-order valence-electron chi connectivity index (χ4n) is 1.96. The van der Waals surface area contributed by atoms with Crippen LogP contribution in [0.3, 0.4) is 0 Å². The molecular weight excluding hydrogens is 357 g/mol. The van der Waals surface area contributed by atoms with Crippen molar-refractivity contribution in [3.8, 4) is 0 Å². The van der Waals surface area contributed by atoms with Crippen LogP contribution in [-0.4, -0.2) is 20.4 Å². The second kappa shape index (κ2) is 7.06. The summed E-state index contributed by atoms with van der Waals surface area (Å²) in [5.41, 5.74) is -0.336. The third kappa shape index (κ3) is 4.66. The zero-order valence-corrected chi connectivity index (χ0v) is 13.7. The maximum atomic E-state index is 12.9. The van der Waals surface area contributed by atoms with Gasteiger partial charge in [-0.25, -0.2) is 4.83 Å². The molecule has 2 aromatic rings. The summed E-state index contributed by atoms with van der Waals surface area (Å²) in [7, 11) is -4.49. The third-order valence-corrected chi connectivity index (χ3v) is 4.47. The van der Waals surface area contributed by atoms with Crippen molar-refractivity contribution < 1.29 is 26.4 Å². The van der Waals surface area contributed by atoms with E-state index in [-0.39, 0.29) is 5.78 Å². The smallest absolute Gasteiger partial charge is 0.295 e. The van der Waals surface area contributed by atoms with Crippen molar-refractivity contribution in [3.63, 3.8) is 0 Å². The van der Waals surface area contributed by atoms with Crippen LogP contribution in [0.5, 0.6) is 0 Å². The van der Waals surface area contributed by atoms with Crippen LogP contribution in [-0.2, 0) is 16.2 Å². The molecule has 0 aliphatic carbocycles. The minimum atomic E-state index is -4.81. The second-order valence-corrected chi connectivity index (χ2v) is 6.65. The molecule has 0 radical (unpaired) electrons. The van der Waals surface area contributed by atoms with Crippen LogP contribution in [0.15, 0.2) is 58.5 Å². The summed E-state index contributed by atoms with van der Waals surface area (Å²) in [6, 6.07) is 9.92. The molecule has 0 saturated heterocycles. The number of nitrogens with one attached hydrogen (secondary N) is 1. The van der Waals surface area contributed by atoms with Crippen molar-refractivity contribution in [1.82, 2.24) is 4.83 Å². The van der Waals surface area contributed by atoms with Gasteiger partial charge >= 0.3 is 6.18 Å². The molecule has 0 fully saturated rings. The lowest BCUT2D eigenvalue weighted by molar-refractivity contribution is -0.139. The molecule has 0 aromatic heterocycles. The molecule has 9 heteroatoms. The summed E-state index contributed by atoms with van der Waals surface area (Å²) in [5, 5.41) is 3.47. The summed E-state index contributed by atoms with van der Waals surface area (Å²) < 4.78 is 62.9. The summed E-state index contributed by atoms with van der Waals surface area (Å²) in [6.45, 7) is 1.40. The summed E-state index contributed by atoms with van der Waals surface area (Å²) >= 11 is 0. The van der Waals surface area contributed by atoms with Gasteiger partial charge in [-0.3, -0.25) is 4.79 Å². The van der Waals surface area contributed by atoms with E-state index in [1.807, 2.05) is 0 Å². The number of hydrogen-bond acceptors (Lipinski definition) is 4. The number of carbonyl (C=O) groups is 1. The number of alkyl halides is 3. The summed E-state index contributed by atoms with van der Waals surface area (Å²) in [4.78, 5) is 12.0. The highest BCUT2D eigenvalue weighted by molar-refractivity contribution is 7.89. The van der Waals surface area contributed by atoms with Crippen LogP contribution in [0.25, 0.3) is 0 Å². The van der Waals surface area contributed by atoms with E-state index in [4.69, 9.17) is 0 Å². The lowest BCUT2D eigenvalue weighted by Crippen LogP contribution is -2.22. The maximum Gasteiger partial charge on any atom is 0.417 e. The average Bonchev–Trinajstić information content (AvgIpc) is 2.54. The molecule has 0 aliphatic heterocycles. The fraction of sp³-hybridized carbons (Fsp3) is 0.125. The molecule has 0 atom stereocenters. The number of benzene rings is 2. The molecule has 0 aliphatic rings. The highest BCUT2D eigenvalue weighted by Crippen LogP contribution is 2.33. The van der Waals surface area contributed by atoms with Gasteiger partial charge in [-0.1, -0.05) is 36.4 Å². The van der Waals surface area contributed by atoms with E-state index in [9.17, 15) is 26.4 Å². The molecule has 2 aromatic carbocycles. The number of hydrazone groups is 1. The van der Waals surface area contributed by atoms with Gasteiger partial charge in [0.05, 0.1) is 11.8 Å². The van der Waals surface area contributed by atoms with Crippen molar-refractivity contribution >= 4 is 22.0 Å². The Hall–Kier alpha value is -2.68. The topological polar surface area (TPSA) is 75.6 Å². The van der Waals surface area contributed by atoms with E-state index >= 15 is 0 Å². The minimum absolute atomic E-state index is 0.132. The highest BCUT2D eigenvalue weighted by Gasteiger charge is 2.36. The van der Waals surface area contributed by atoms with Crippen molar-refractivity contribution in [3.05, 3.63) is 65.2 Å². The molecule has 0 amide bonds. The van der Waals surface area contributed by atoms with Gasteiger partial charge in [0.2, 0.25) is 0 Å². The Morgan fingerprint density at radius 1 is 1.08 bits per heavy atom. The number of hydrogen-bond donors (Lipinski definition) is 1. The van der Waals surface area contributed by atoms with E-state index in [0.29, 0.717) is 17.2 Å². The standard InChI is InChI=1S/C16H13F3N2O3S/c1-11(22)13-8-6-12(7-9-13)10-20-21-25(23,24)15-5-3-2-4-14(15)16(17,18)19/h2-10,21H,1H3/b20-10+. The van der Waals surface area contributed by atoms with E-state index in [1.165, 1.54) is 37.3 Å². The molecule has 0 unspecified atom stereocenters. The van der Waals surface area contributed by atoms with Crippen molar-refractivity contribution in [2.24, 2.45) is 5.10 Å². The fourth-order valence-corrected chi connectivity index (χ4v) is 2.98. The number of rotatable bonds is 5. The van der Waals surface area contributed by atoms with Gasteiger partial charge in [-0.2, -0.15) is 26.7 Å². The van der Waals surface area contributed by atoms with Crippen LogP contribution >= 0.6 is 0 Å². The zero-order valence-electron chi connectivity index (χ0n) is 12.9. The number of ketones is 1. The predicted octanol–water partition coefficient (Wildman–Crippen LogP) is 3.22. The monoisotopic (exact) mass is 370 g/mol. The normalized spacial score (nSPS) is 12.3. The lowest BCUT2D eigenvalue weighted by Gasteiger charge is -2.12. The predicted molar refractivity (Wildman–Crippen MR) is 85.8 cm³/mol. The molecule has 0 bridgehead atoms. The summed E-state index contributed by atoms with van der Waals surface area (Å²) in [5.74, 6) is -0.132. The molecule has 1 N–H and O–H groups in total. The second-order valence-electron chi connectivity index (χ2n) is 5.03. The third-order valence-electron chi connectivity index (χ3n) is 3.19. The van der Waals surface area contributed by atoms with Gasteiger partial charge in [0.15, 0.2) is 5.78 Å². The molecule has 25 heavy (non-hydrogen) atoms. The Balaban J connectivity index is 2.21. The zero-order chi connectivity index (χ0) is 18.7. The molecular formula is C16H13F3N2O3S. The number of sulfonamides is 1. The van der Waals surface area contributed by atoms with E-state index < -0.39 is 26.7 Å². The maximum absolute atomic E-state index is 12.9. The van der Waals surface area contributed by atoms with Crippen LogP contribution in [0.1, 0.15) is 28.4 Å².